The molecule has 2 aromatic rings. The molecule has 1 amide bonds. The Morgan fingerprint density at radius 2 is 2.03 bits per heavy atom. The lowest BCUT2D eigenvalue weighted by Gasteiger charge is -2.40. The molecule has 1 fully saturated rings. The largest absolute Gasteiger partial charge is 0.368 e. The summed E-state index contributed by atoms with van der Waals surface area (Å²) in [6, 6.07) is 1.78. The summed E-state index contributed by atoms with van der Waals surface area (Å²) < 4.78 is 0. The summed E-state index contributed by atoms with van der Waals surface area (Å²) >= 11 is 0. The smallest absolute Gasteiger partial charge is 0.272 e. The van der Waals surface area contributed by atoms with Gasteiger partial charge in [-0.25, -0.2) is 19.9 Å². The lowest BCUT2D eigenvalue weighted by atomic mass is 9.77. The Labute approximate surface area is 171 Å². The molecule has 2 aliphatic rings. The Hall–Kier alpha value is -2.77. The molecule has 8 heteroatoms. The predicted molar refractivity (Wildman–Crippen MR) is 112 cm³/mol. The van der Waals surface area contributed by atoms with Crippen LogP contribution in [0.4, 0.5) is 11.9 Å². The van der Waals surface area contributed by atoms with E-state index in [9.17, 15) is 4.79 Å². The molecule has 1 aliphatic heterocycles. The number of hydrogen-bond acceptors (Lipinski definition) is 7. The number of amides is 1. The highest BCUT2D eigenvalue weighted by Gasteiger charge is 2.45. The summed E-state index contributed by atoms with van der Waals surface area (Å²) in [6.07, 6.45) is 5.90. The molecule has 29 heavy (non-hydrogen) atoms. The molecule has 4 rings (SSSR count). The van der Waals surface area contributed by atoms with Crippen molar-refractivity contribution in [1.82, 2.24) is 24.8 Å². The minimum absolute atomic E-state index is 0.0737. The van der Waals surface area contributed by atoms with Gasteiger partial charge < -0.3 is 15.5 Å². The standard InChI is InChI=1S/C21H29N7O/c1-13(2)15-10-16(25-19(22)24-15)18(29)28-9-5-7-21(12-28)8-6-14-11-23-20(27(3)4)26-17(14)21/h10-11,13H,5-9,12H2,1-4H3,(H2,22,24,25). The quantitative estimate of drug-likeness (QED) is 0.850. The Kier molecular flexibility index (Phi) is 4.88. The molecule has 154 valence electrons. The number of rotatable bonds is 3. The van der Waals surface area contributed by atoms with Gasteiger partial charge in [-0.05, 0) is 43.2 Å². The number of anilines is 2. The molecular formula is C21H29N7O. The van der Waals surface area contributed by atoms with E-state index in [0.29, 0.717) is 12.2 Å². The van der Waals surface area contributed by atoms with E-state index in [1.54, 1.807) is 6.07 Å². The average Bonchev–Trinajstić information content (AvgIpc) is 3.04. The van der Waals surface area contributed by atoms with E-state index in [0.717, 1.165) is 49.6 Å². The number of likely N-dealkylation sites (tertiary alicyclic amines) is 1. The molecule has 0 aromatic carbocycles. The second kappa shape index (κ2) is 7.24. The SMILES string of the molecule is CC(C)c1cc(C(=O)N2CCCC3(CCc4cnc(N(C)C)nc43)C2)nc(N)n1. The molecule has 0 bridgehead atoms. The summed E-state index contributed by atoms with van der Waals surface area (Å²) in [4.78, 5) is 35.0. The van der Waals surface area contributed by atoms with Crippen molar-refractivity contribution < 1.29 is 4.79 Å². The van der Waals surface area contributed by atoms with Gasteiger partial charge in [-0.3, -0.25) is 4.79 Å². The molecule has 1 unspecified atom stereocenters. The second-order valence-electron chi connectivity index (χ2n) is 8.74. The zero-order chi connectivity index (χ0) is 20.8. The third kappa shape index (κ3) is 3.52. The summed E-state index contributed by atoms with van der Waals surface area (Å²) in [5.74, 6) is 0.984. The molecule has 2 aromatic heterocycles. The van der Waals surface area contributed by atoms with Gasteiger partial charge in [0, 0.05) is 44.5 Å². The molecule has 0 radical (unpaired) electrons. The monoisotopic (exact) mass is 395 g/mol. The normalized spacial score (nSPS) is 20.9. The predicted octanol–water partition coefficient (Wildman–Crippen LogP) is 2.16. The van der Waals surface area contributed by atoms with Crippen LogP contribution in [0.15, 0.2) is 12.3 Å². The van der Waals surface area contributed by atoms with Gasteiger partial charge in [-0.15, -0.1) is 0 Å². The summed E-state index contributed by atoms with van der Waals surface area (Å²) in [6.45, 7) is 5.44. The van der Waals surface area contributed by atoms with Crippen molar-refractivity contribution in [3.63, 3.8) is 0 Å². The summed E-state index contributed by atoms with van der Waals surface area (Å²) in [5.41, 5.74) is 9.27. The third-order valence-electron chi connectivity index (χ3n) is 6.07. The van der Waals surface area contributed by atoms with Crippen LogP contribution in [0.5, 0.6) is 0 Å². The van der Waals surface area contributed by atoms with Crippen LogP contribution >= 0.6 is 0 Å². The first-order valence-corrected chi connectivity index (χ1v) is 10.3. The number of nitrogens with two attached hydrogens (primary N) is 1. The number of nitrogens with zero attached hydrogens (tertiary/aromatic N) is 6. The van der Waals surface area contributed by atoms with Crippen molar-refractivity contribution in [2.45, 2.75) is 50.9 Å². The third-order valence-corrected chi connectivity index (χ3v) is 6.07. The summed E-state index contributed by atoms with van der Waals surface area (Å²) in [5, 5.41) is 0. The highest BCUT2D eigenvalue weighted by Crippen LogP contribution is 2.44. The Bertz CT molecular complexity index is 939. The van der Waals surface area contributed by atoms with Crippen LogP contribution < -0.4 is 10.6 Å². The maximum Gasteiger partial charge on any atom is 0.272 e. The van der Waals surface area contributed by atoms with E-state index in [1.165, 1.54) is 5.56 Å². The number of aryl methyl sites for hydroxylation is 1. The van der Waals surface area contributed by atoms with Gasteiger partial charge >= 0.3 is 0 Å². The summed E-state index contributed by atoms with van der Waals surface area (Å²) in [7, 11) is 3.90. The first-order valence-electron chi connectivity index (χ1n) is 10.3. The maximum atomic E-state index is 13.3. The van der Waals surface area contributed by atoms with Gasteiger partial charge in [0.15, 0.2) is 0 Å². The molecule has 1 atom stereocenters. The van der Waals surface area contributed by atoms with Crippen molar-refractivity contribution in [2.75, 3.05) is 37.8 Å². The molecule has 3 heterocycles. The minimum Gasteiger partial charge on any atom is -0.368 e. The van der Waals surface area contributed by atoms with Gasteiger partial charge in [0.05, 0.1) is 5.69 Å². The van der Waals surface area contributed by atoms with Crippen molar-refractivity contribution in [1.29, 1.82) is 0 Å². The number of hydrogen-bond donors (Lipinski definition) is 1. The number of carbonyl (C=O) groups excluding carboxylic acids is 1. The highest BCUT2D eigenvalue weighted by molar-refractivity contribution is 5.93. The number of nitrogen functional groups attached to an aromatic ring is 1. The highest BCUT2D eigenvalue weighted by atomic mass is 16.2. The van der Waals surface area contributed by atoms with E-state index in [2.05, 4.69) is 15.0 Å². The van der Waals surface area contributed by atoms with Gasteiger partial charge in [0.2, 0.25) is 11.9 Å². The number of fused-ring (bicyclic) bond motifs is 2. The Balaban J connectivity index is 1.64. The molecule has 2 N–H and O–H groups in total. The maximum absolute atomic E-state index is 13.3. The van der Waals surface area contributed by atoms with Crippen LogP contribution in [0.2, 0.25) is 0 Å². The lowest BCUT2D eigenvalue weighted by Crippen LogP contribution is -2.48. The molecule has 1 saturated heterocycles. The zero-order valence-electron chi connectivity index (χ0n) is 17.6. The van der Waals surface area contributed by atoms with E-state index in [4.69, 9.17) is 10.7 Å². The minimum atomic E-state index is -0.101. The van der Waals surface area contributed by atoms with Crippen LogP contribution in [0.25, 0.3) is 0 Å². The Morgan fingerprint density at radius 3 is 2.76 bits per heavy atom. The van der Waals surface area contributed by atoms with Crippen LogP contribution in [-0.2, 0) is 11.8 Å². The van der Waals surface area contributed by atoms with Crippen molar-refractivity contribution in [3.05, 3.63) is 34.9 Å². The van der Waals surface area contributed by atoms with E-state index in [1.807, 2.05) is 43.9 Å². The van der Waals surface area contributed by atoms with E-state index < -0.39 is 0 Å². The van der Waals surface area contributed by atoms with Gasteiger partial charge in [-0.1, -0.05) is 13.8 Å². The van der Waals surface area contributed by atoms with Gasteiger partial charge in [0.1, 0.15) is 5.69 Å². The molecule has 1 aliphatic carbocycles. The van der Waals surface area contributed by atoms with Crippen LogP contribution in [0.1, 0.15) is 66.5 Å². The molecule has 0 saturated carbocycles. The average molecular weight is 396 g/mol. The molecule has 1 spiro atoms. The van der Waals surface area contributed by atoms with Crippen LogP contribution in [0.3, 0.4) is 0 Å². The van der Waals surface area contributed by atoms with E-state index >= 15 is 0 Å². The Morgan fingerprint density at radius 1 is 1.24 bits per heavy atom. The lowest BCUT2D eigenvalue weighted by molar-refractivity contribution is 0.0627. The van der Waals surface area contributed by atoms with Crippen LogP contribution in [0, 0.1) is 0 Å². The van der Waals surface area contributed by atoms with Crippen LogP contribution in [-0.4, -0.2) is 57.9 Å². The first-order chi connectivity index (χ1) is 13.8. The fourth-order valence-electron chi connectivity index (χ4n) is 4.50. The number of carbonyl (C=O) groups is 1. The zero-order valence-corrected chi connectivity index (χ0v) is 17.6. The number of aromatic nitrogens is 4. The van der Waals surface area contributed by atoms with Crippen molar-refractivity contribution in [2.24, 2.45) is 0 Å². The fourth-order valence-corrected chi connectivity index (χ4v) is 4.50. The van der Waals surface area contributed by atoms with Gasteiger partial charge in [-0.2, -0.15) is 0 Å². The topological polar surface area (TPSA) is 101 Å². The van der Waals surface area contributed by atoms with Crippen molar-refractivity contribution >= 4 is 17.8 Å². The first kappa shape index (κ1) is 19.5. The van der Waals surface area contributed by atoms with Gasteiger partial charge in [0.25, 0.3) is 5.91 Å². The molecule has 8 nitrogen and oxygen atoms in total. The molecular weight excluding hydrogens is 366 g/mol. The fraction of sp³-hybridized carbons (Fsp3) is 0.571. The number of piperidine rings is 1. The van der Waals surface area contributed by atoms with E-state index in [-0.39, 0.29) is 23.2 Å². The van der Waals surface area contributed by atoms with Crippen molar-refractivity contribution in [3.8, 4) is 0 Å². The second-order valence-corrected chi connectivity index (χ2v) is 8.74.